The van der Waals surface area contributed by atoms with Crippen molar-refractivity contribution in [3.63, 3.8) is 0 Å². The van der Waals surface area contributed by atoms with E-state index >= 15 is 0 Å². The molecular weight excluding hydrogens is 318 g/mol. The number of methoxy groups -OCH3 is 1. The Kier molecular flexibility index (Phi) is 4.85. The molecule has 2 aliphatic rings. The quantitative estimate of drug-likeness (QED) is 0.798. The van der Waals surface area contributed by atoms with Gasteiger partial charge in [0.2, 0.25) is 0 Å². The van der Waals surface area contributed by atoms with Crippen molar-refractivity contribution < 1.29 is 14.6 Å². The average molecular weight is 343 g/mol. The molecule has 0 radical (unpaired) electrons. The topological polar surface area (TPSA) is 61.4 Å². The number of fused-ring (bicyclic) bond motifs is 1. The third-order valence-electron chi connectivity index (χ3n) is 5.10. The number of ether oxygens (including phenoxy) is 2. The molecule has 0 amide bonds. The van der Waals surface area contributed by atoms with Crippen LogP contribution in [0.1, 0.15) is 11.7 Å². The number of aliphatic hydroxyl groups is 1. The van der Waals surface area contributed by atoms with Crippen LogP contribution >= 0.6 is 0 Å². The lowest BCUT2D eigenvalue weighted by Gasteiger charge is -2.35. The van der Waals surface area contributed by atoms with Crippen LogP contribution in [0.3, 0.4) is 0 Å². The second-order valence-corrected chi connectivity index (χ2v) is 6.86. The fourth-order valence-corrected chi connectivity index (χ4v) is 3.52. The van der Waals surface area contributed by atoms with Crippen LogP contribution in [-0.4, -0.2) is 79.0 Å². The highest BCUT2D eigenvalue weighted by Gasteiger charge is 2.28. The number of aliphatic hydroxyl groups excluding tert-OH is 1. The molecule has 2 unspecified atom stereocenters. The summed E-state index contributed by atoms with van der Waals surface area (Å²) < 4.78 is 10.6. The number of aromatic nitrogens is 1. The molecule has 3 heterocycles. The SMILES string of the molecule is COc1ccc2nccc(C(O)CN3CCN(CC4CO4)CC3)c2c1. The van der Waals surface area contributed by atoms with E-state index < -0.39 is 6.10 Å². The Morgan fingerprint density at radius 1 is 1.24 bits per heavy atom. The monoisotopic (exact) mass is 343 g/mol. The number of nitrogens with zero attached hydrogens (tertiary/aromatic N) is 3. The van der Waals surface area contributed by atoms with E-state index in [0.29, 0.717) is 12.6 Å². The highest BCUT2D eigenvalue weighted by Crippen LogP contribution is 2.27. The number of piperazine rings is 1. The average Bonchev–Trinajstić information content (AvgIpc) is 3.46. The third-order valence-corrected chi connectivity index (χ3v) is 5.10. The summed E-state index contributed by atoms with van der Waals surface area (Å²) in [6.07, 6.45) is 1.69. The lowest BCUT2D eigenvalue weighted by Crippen LogP contribution is -2.48. The van der Waals surface area contributed by atoms with E-state index in [9.17, 15) is 5.11 Å². The Morgan fingerprint density at radius 2 is 2.00 bits per heavy atom. The third kappa shape index (κ3) is 3.93. The van der Waals surface area contributed by atoms with Gasteiger partial charge in [-0.25, -0.2) is 0 Å². The molecule has 2 aliphatic heterocycles. The molecule has 0 saturated carbocycles. The molecule has 0 aliphatic carbocycles. The first kappa shape index (κ1) is 16.7. The minimum atomic E-state index is -0.532. The molecule has 134 valence electrons. The normalized spacial score (nSPS) is 22.9. The summed E-state index contributed by atoms with van der Waals surface area (Å²) in [5.74, 6) is 0.782. The number of benzene rings is 1. The van der Waals surface area contributed by atoms with E-state index in [1.165, 1.54) is 0 Å². The van der Waals surface area contributed by atoms with Crippen LogP contribution in [0.4, 0.5) is 0 Å². The summed E-state index contributed by atoms with van der Waals surface area (Å²) in [6.45, 7) is 6.65. The van der Waals surface area contributed by atoms with E-state index in [1.807, 2.05) is 24.3 Å². The van der Waals surface area contributed by atoms with Gasteiger partial charge in [0, 0.05) is 50.9 Å². The van der Waals surface area contributed by atoms with Crippen molar-refractivity contribution in [2.75, 3.05) is 53.0 Å². The second-order valence-electron chi connectivity index (χ2n) is 6.86. The van der Waals surface area contributed by atoms with Gasteiger partial charge in [0.1, 0.15) is 5.75 Å². The molecule has 1 aromatic heterocycles. The van der Waals surface area contributed by atoms with E-state index in [4.69, 9.17) is 9.47 Å². The van der Waals surface area contributed by atoms with Gasteiger partial charge in [-0.05, 0) is 29.8 Å². The highest BCUT2D eigenvalue weighted by atomic mass is 16.6. The zero-order chi connectivity index (χ0) is 17.2. The minimum absolute atomic E-state index is 0.454. The molecule has 1 aromatic carbocycles. The van der Waals surface area contributed by atoms with E-state index in [1.54, 1.807) is 13.3 Å². The first-order valence-electron chi connectivity index (χ1n) is 8.90. The fraction of sp³-hybridized carbons (Fsp3) is 0.526. The summed E-state index contributed by atoms with van der Waals surface area (Å²) in [7, 11) is 1.65. The summed E-state index contributed by atoms with van der Waals surface area (Å²) in [5.41, 5.74) is 1.80. The van der Waals surface area contributed by atoms with Crippen LogP contribution in [0.25, 0.3) is 10.9 Å². The van der Waals surface area contributed by atoms with Gasteiger partial charge in [0.05, 0.1) is 31.4 Å². The van der Waals surface area contributed by atoms with Crippen LogP contribution < -0.4 is 4.74 Å². The summed E-state index contributed by atoms with van der Waals surface area (Å²) in [5, 5.41) is 11.8. The van der Waals surface area contributed by atoms with Crippen molar-refractivity contribution in [1.29, 1.82) is 0 Å². The zero-order valence-corrected chi connectivity index (χ0v) is 14.6. The summed E-state index contributed by atoms with van der Waals surface area (Å²) in [4.78, 5) is 9.18. The van der Waals surface area contributed by atoms with E-state index in [0.717, 1.165) is 61.5 Å². The molecule has 4 rings (SSSR count). The number of epoxide rings is 1. The van der Waals surface area contributed by atoms with Gasteiger partial charge in [-0.1, -0.05) is 0 Å². The highest BCUT2D eigenvalue weighted by molar-refractivity contribution is 5.83. The largest absolute Gasteiger partial charge is 0.497 e. The predicted octanol–water partition coefficient (Wildman–Crippen LogP) is 1.29. The molecule has 0 bridgehead atoms. The maximum absolute atomic E-state index is 10.8. The molecule has 2 atom stereocenters. The van der Waals surface area contributed by atoms with Gasteiger partial charge in [0.15, 0.2) is 0 Å². The molecule has 2 aromatic rings. The first-order chi connectivity index (χ1) is 12.2. The van der Waals surface area contributed by atoms with Crippen molar-refractivity contribution in [2.45, 2.75) is 12.2 Å². The van der Waals surface area contributed by atoms with Gasteiger partial charge in [-0.3, -0.25) is 14.8 Å². The smallest absolute Gasteiger partial charge is 0.119 e. The van der Waals surface area contributed by atoms with Gasteiger partial charge < -0.3 is 14.6 Å². The Morgan fingerprint density at radius 3 is 2.72 bits per heavy atom. The van der Waals surface area contributed by atoms with Crippen molar-refractivity contribution in [3.8, 4) is 5.75 Å². The summed E-state index contributed by atoms with van der Waals surface area (Å²) in [6, 6.07) is 7.69. The standard InChI is InChI=1S/C19H25N3O3/c1-24-14-2-3-18-17(10-14)16(4-5-20-18)19(23)12-22-8-6-21(7-9-22)11-15-13-25-15/h2-5,10,15,19,23H,6-9,11-13H2,1H3. The Labute approximate surface area is 148 Å². The molecule has 2 fully saturated rings. The Hall–Kier alpha value is -1.73. The zero-order valence-electron chi connectivity index (χ0n) is 14.6. The van der Waals surface area contributed by atoms with Gasteiger partial charge >= 0.3 is 0 Å². The lowest BCUT2D eigenvalue weighted by atomic mass is 10.0. The Bertz CT molecular complexity index is 727. The molecule has 25 heavy (non-hydrogen) atoms. The molecule has 6 nitrogen and oxygen atoms in total. The van der Waals surface area contributed by atoms with Crippen LogP contribution in [0, 0.1) is 0 Å². The van der Waals surface area contributed by atoms with Gasteiger partial charge in [-0.15, -0.1) is 0 Å². The van der Waals surface area contributed by atoms with Crippen LogP contribution in [-0.2, 0) is 4.74 Å². The van der Waals surface area contributed by atoms with Crippen LogP contribution in [0.5, 0.6) is 5.75 Å². The van der Waals surface area contributed by atoms with Gasteiger partial charge in [0.25, 0.3) is 0 Å². The second kappa shape index (κ2) is 7.25. The van der Waals surface area contributed by atoms with Crippen LogP contribution in [0.15, 0.2) is 30.5 Å². The minimum Gasteiger partial charge on any atom is -0.497 e. The van der Waals surface area contributed by atoms with Crippen LogP contribution in [0.2, 0.25) is 0 Å². The molecule has 2 saturated heterocycles. The predicted molar refractivity (Wildman–Crippen MR) is 95.9 cm³/mol. The number of pyridine rings is 1. The number of rotatable bonds is 6. The maximum atomic E-state index is 10.8. The molecule has 6 heteroatoms. The van der Waals surface area contributed by atoms with Crippen molar-refractivity contribution >= 4 is 10.9 Å². The number of hydrogen-bond donors (Lipinski definition) is 1. The lowest BCUT2D eigenvalue weighted by molar-refractivity contribution is 0.0707. The molecule has 0 spiro atoms. The van der Waals surface area contributed by atoms with Gasteiger partial charge in [-0.2, -0.15) is 0 Å². The van der Waals surface area contributed by atoms with E-state index in [2.05, 4.69) is 14.8 Å². The van der Waals surface area contributed by atoms with E-state index in [-0.39, 0.29) is 0 Å². The van der Waals surface area contributed by atoms with Crippen molar-refractivity contribution in [3.05, 3.63) is 36.0 Å². The molecule has 1 N–H and O–H groups in total. The maximum Gasteiger partial charge on any atom is 0.119 e. The summed E-state index contributed by atoms with van der Waals surface area (Å²) >= 11 is 0. The van der Waals surface area contributed by atoms with Crippen molar-refractivity contribution in [2.24, 2.45) is 0 Å². The Balaban J connectivity index is 1.42. The number of β-amino-alcohol motifs (C(OH)–C–C–N with tert-alkyl or cyclic N) is 1. The number of hydrogen-bond acceptors (Lipinski definition) is 6. The molecular formula is C19H25N3O3. The first-order valence-corrected chi connectivity index (χ1v) is 8.90. The van der Waals surface area contributed by atoms with Crippen molar-refractivity contribution in [1.82, 2.24) is 14.8 Å². The fourth-order valence-electron chi connectivity index (χ4n) is 3.52.